The van der Waals surface area contributed by atoms with Gasteiger partial charge in [-0.25, -0.2) is 0 Å². The highest BCUT2D eigenvalue weighted by molar-refractivity contribution is 9.10. The predicted octanol–water partition coefficient (Wildman–Crippen LogP) is 4.02. The number of hydrogen-bond donors (Lipinski definition) is 1. The maximum absolute atomic E-state index is 5.72. The molecule has 20 heavy (non-hydrogen) atoms. The van der Waals surface area contributed by atoms with Crippen molar-refractivity contribution in [2.24, 2.45) is 0 Å². The number of rotatable bonds is 3. The van der Waals surface area contributed by atoms with Crippen molar-refractivity contribution < 1.29 is 4.74 Å². The highest BCUT2D eigenvalue weighted by Crippen LogP contribution is 2.35. The molecule has 3 rings (SSSR count). The van der Waals surface area contributed by atoms with Crippen LogP contribution in [0.15, 0.2) is 47.1 Å². The minimum absolute atomic E-state index is 0.214. The summed E-state index contributed by atoms with van der Waals surface area (Å²) in [6.07, 6.45) is 2.81. The Kier molecular flexibility index (Phi) is 4.03. The molecular formula is C16H17BrN2O. The predicted molar refractivity (Wildman–Crippen MR) is 82.8 cm³/mol. The Morgan fingerprint density at radius 2 is 2.25 bits per heavy atom. The van der Waals surface area contributed by atoms with Gasteiger partial charge in [-0.15, -0.1) is 0 Å². The van der Waals surface area contributed by atoms with E-state index < -0.39 is 0 Å². The molecule has 1 aliphatic rings. The van der Waals surface area contributed by atoms with Gasteiger partial charge >= 0.3 is 0 Å². The number of benzene rings is 1. The lowest BCUT2D eigenvalue weighted by molar-refractivity contribution is 0.245. The third-order valence-corrected chi connectivity index (χ3v) is 4.09. The van der Waals surface area contributed by atoms with E-state index >= 15 is 0 Å². The van der Waals surface area contributed by atoms with Gasteiger partial charge in [-0.3, -0.25) is 4.98 Å². The lowest BCUT2D eigenvalue weighted by Crippen LogP contribution is -2.29. The van der Waals surface area contributed by atoms with Crippen molar-refractivity contribution in [3.05, 3.63) is 58.3 Å². The van der Waals surface area contributed by atoms with Crippen molar-refractivity contribution in [3.63, 3.8) is 0 Å². The van der Waals surface area contributed by atoms with E-state index in [0.29, 0.717) is 6.04 Å². The Balaban J connectivity index is 1.81. The van der Waals surface area contributed by atoms with Crippen LogP contribution in [0.3, 0.4) is 0 Å². The van der Waals surface area contributed by atoms with Crippen LogP contribution < -0.4 is 10.1 Å². The summed E-state index contributed by atoms with van der Waals surface area (Å²) in [7, 11) is 0. The van der Waals surface area contributed by atoms with Crippen molar-refractivity contribution in [3.8, 4) is 5.75 Å². The fourth-order valence-electron chi connectivity index (χ4n) is 2.56. The third kappa shape index (κ3) is 2.86. The second-order valence-electron chi connectivity index (χ2n) is 5.01. The molecule has 0 spiro atoms. The van der Waals surface area contributed by atoms with Gasteiger partial charge in [-0.2, -0.15) is 0 Å². The van der Waals surface area contributed by atoms with Crippen molar-refractivity contribution in [1.29, 1.82) is 0 Å². The van der Waals surface area contributed by atoms with Crippen LogP contribution in [-0.2, 0) is 0 Å². The van der Waals surface area contributed by atoms with Gasteiger partial charge < -0.3 is 10.1 Å². The molecule has 2 atom stereocenters. The minimum Gasteiger partial charge on any atom is -0.493 e. The maximum Gasteiger partial charge on any atom is 0.124 e. The second-order valence-corrected chi connectivity index (χ2v) is 5.93. The van der Waals surface area contributed by atoms with E-state index in [9.17, 15) is 0 Å². The largest absolute Gasteiger partial charge is 0.493 e. The van der Waals surface area contributed by atoms with E-state index in [2.05, 4.69) is 45.3 Å². The molecule has 4 heteroatoms. The molecule has 1 aromatic heterocycles. The maximum atomic E-state index is 5.72. The fraction of sp³-hybridized carbons (Fsp3) is 0.312. The molecular weight excluding hydrogens is 316 g/mol. The van der Waals surface area contributed by atoms with Crippen LogP contribution >= 0.6 is 15.9 Å². The van der Waals surface area contributed by atoms with E-state index in [1.807, 2.05) is 30.5 Å². The monoisotopic (exact) mass is 332 g/mol. The van der Waals surface area contributed by atoms with Crippen LogP contribution in [0.1, 0.15) is 36.7 Å². The van der Waals surface area contributed by atoms with Crippen molar-refractivity contribution in [1.82, 2.24) is 10.3 Å². The number of fused-ring (bicyclic) bond motifs is 1. The number of aromatic nitrogens is 1. The van der Waals surface area contributed by atoms with Crippen LogP contribution in [0.5, 0.6) is 5.75 Å². The zero-order valence-corrected chi connectivity index (χ0v) is 12.9. The average molecular weight is 333 g/mol. The SMILES string of the molecule is C[C@H](NC1CCOc2ccc(Br)cc21)c1ccccn1. The highest BCUT2D eigenvalue weighted by Gasteiger charge is 2.23. The van der Waals surface area contributed by atoms with E-state index in [1.54, 1.807) is 0 Å². The lowest BCUT2D eigenvalue weighted by atomic mass is 9.99. The number of pyridine rings is 1. The lowest BCUT2D eigenvalue weighted by Gasteiger charge is -2.29. The van der Waals surface area contributed by atoms with Gasteiger partial charge in [0, 0.05) is 34.7 Å². The first-order chi connectivity index (χ1) is 9.74. The molecule has 1 N–H and O–H groups in total. The Morgan fingerprint density at radius 1 is 1.35 bits per heavy atom. The molecule has 0 saturated heterocycles. The van der Waals surface area contributed by atoms with Gasteiger partial charge in [0.2, 0.25) is 0 Å². The van der Waals surface area contributed by atoms with Crippen molar-refractivity contribution >= 4 is 15.9 Å². The van der Waals surface area contributed by atoms with Gasteiger partial charge in [0.05, 0.1) is 12.3 Å². The molecule has 1 aromatic carbocycles. The van der Waals surface area contributed by atoms with Crippen LogP contribution in [0.4, 0.5) is 0 Å². The van der Waals surface area contributed by atoms with Crippen LogP contribution in [0, 0.1) is 0 Å². The first kappa shape index (κ1) is 13.6. The number of hydrogen-bond acceptors (Lipinski definition) is 3. The Bertz CT molecular complexity index is 588. The Hall–Kier alpha value is -1.39. The van der Waals surface area contributed by atoms with Crippen LogP contribution in [-0.4, -0.2) is 11.6 Å². The zero-order chi connectivity index (χ0) is 13.9. The number of ether oxygens (including phenoxy) is 1. The first-order valence-electron chi connectivity index (χ1n) is 6.83. The van der Waals surface area contributed by atoms with Gasteiger partial charge in [0.25, 0.3) is 0 Å². The summed E-state index contributed by atoms with van der Waals surface area (Å²) in [4.78, 5) is 4.41. The molecule has 3 nitrogen and oxygen atoms in total. The smallest absolute Gasteiger partial charge is 0.124 e. The standard InChI is InChI=1S/C16H17BrN2O/c1-11(14-4-2-3-8-18-14)19-15-7-9-20-16-6-5-12(17)10-13(15)16/h2-6,8,10-11,15,19H,7,9H2,1H3/t11-,15?/m0/s1. The summed E-state index contributed by atoms with van der Waals surface area (Å²) in [5.74, 6) is 0.977. The summed E-state index contributed by atoms with van der Waals surface area (Å²) in [5.41, 5.74) is 2.28. The van der Waals surface area contributed by atoms with Crippen LogP contribution in [0.2, 0.25) is 0 Å². The molecule has 1 unspecified atom stereocenters. The van der Waals surface area contributed by atoms with Crippen molar-refractivity contribution in [2.75, 3.05) is 6.61 Å². The first-order valence-corrected chi connectivity index (χ1v) is 7.62. The summed E-state index contributed by atoms with van der Waals surface area (Å²) < 4.78 is 6.80. The summed E-state index contributed by atoms with van der Waals surface area (Å²) >= 11 is 3.53. The van der Waals surface area contributed by atoms with E-state index in [-0.39, 0.29) is 6.04 Å². The van der Waals surface area contributed by atoms with Gasteiger partial charge in [-0.05, 0) is 37.3 Å². The quantitative estimate of drug-likeness (QED) is 0.921. The molecule has 104 valence electrons. The molecule has 0 bridgehead atoms. The normalized spacial score (nSPS) is 19.0. The summed E-state index contributed by atoms with van der Waals surface area (Å²) in [6, 6.07) is 12.7. The van der Waals surface area contributed by atoms with E-state index in [1.165, 1.54) is 5.56 Å². The molecule has 0 saturated carbocycles. The highest BCUT2D eigenvalue weighted by atomic mass is 79.9. The van der Waals surface area contributed by atoms with Gasteiger partial charge in [-0.1, -0.05) is 22.0 Å². The molecule has 0 radical (unpaired) electrons. The number of nitrogens with zero attached hydrogens (tertiary/aromatic N) is 1. The second kappa shape index (κ2) is 5.94. The topological polar surface area (TPSA) is 34.1 Å². The minimum atomic E-state index is 0.214. The molecule has 0 fully saturated rings. The number of halogens is 1. The van der Waals surface area contributed by atoms with Crippen LogP contribution in [0.25, 0.3) is 0 Å². The van der Waals surface area contributed by atoms with E-state index in [0.717, 1.165) is 28.9 Å². The molecule has 1 aliphatic heterocycles. The Morgan fingerprint density at radius 3 is 3.05 bits per heavy atom. The van der Waals surface area contributed by atoms with Crippen molar-refractivity contribution in [2.45, 2.75) is 25.4 Å². The molecule has 0 aliphatic carbocycles. The summed E-state index contributed by atoms with van der Waals surface area (Å²) in [5, 5.41) is 3.66. The van der Waals surface area contributed by atoms with Gasteiger partial charge in [0.15, 0.2) is 0 Å². The molecule has 2 aromatic rings. The Labute approximate surface area is 127 Å². The summed E-state index contributed by atoms with van der Waals surface area (Å²) in [6.45, 7) is 2.90. The fourth-order valence-corrected chi connectivity index (χ4v) is 2.94. The zero-order valence-electron chi connectivity index (χ0n) is 11.3. The van der Waals surface area contributed by atoms with E-state index in [4.69, 9.17) is 4.74 Å². The average Bonchev–Trinajstić information content (AvgIpc) is 2.49. The van der Waals surface area contributed by atoms with Gasteiger partial charge in [0.1, 0.15) is 5.75 Å². The molecule has 2 heterocycles. The third-order valence-electron chi connectivity index (χ3n) is 3.59. The molecule has 0 amide bonds. The number of nitrogens with one attached hydrogen (secondary N) is 1.